The topological polar surface area (TPSA) is 358 Å². The van der Waals surface area contributed by atoms with Crippen molar-refractivity contribution in [3.05, 3.63) is 65.0 Å². The van der Waals surface area contributed by atoms with E-state index in [1.54, 1.807) is 13.1 Å². The molecular formula is C33H42N16O6. The summed E-state index contributed by atoms with van der Waals surface area (Å²) >= 11 is 0. The summed E-state index contributed by atoms with van der Waals surface area (Å²) in [7, 11) is 1.60. The van der Waals surface area contributed by atoms with Crippen molar-refractivity contribution in [3.8, 4) is 5.75 Å². The highest BCUT2D eigenvalue weighted by atomic mass is 16.3. The Kier molecular flexibility index (Phi) is 14.0. The van der Waals surface area contributed by atoms with Gasteiger partial charge in [-0.25, -0.2) is 21.3 Å². The highest BCUT2D eigenvalue weighted by molar-refractivity contribution is 6.10. The zero-order chi connectivity index (χ0) is 40.1. The van der Waals surface area contributed by atoms with Crippen LogP contribution in [0.25, 0.3) is 11.2 Å². The van der Waals surface area contributed by atoms with Crippen LogP contribution in [0.3, 0.4) is 0 Å². The maximum absolute atomic E-state index is 13.1. The number of nitrogens with one attached hydrogen (secondary N) is 7. The van der Waals surface area contributed by atoms with Crippen LogP contribution in [0.15, 0.2) is 47.7 Å². The average molecular weight is 759 g/mol. The van der Waals surface area contributed by atoms with Crippen LogP contribution in [-0.2, 0) is 20.9 Å². The number of hydrogen-bond donors (Lipinski definition) is 12. The molecule has 0 aliphatic heterocycles. The third-order valence-electron chi connectivity index (χ3n) is 7.78. The summed E-state index contributed by atoms with van der Waals surface area (Å²) in [5, 5.41) is 30.6. The number of aldehydes is 1. The number of aromatic nitrogens is 4. The third-order valence-corrected chi connectivity index (χ3v) is 7.78. The Labute approximate surface area is 313 Å². The molecule has 2 atom stereocenters. The molecule has 22 nitrogen and oxygen atoms in total. The minimum absolute atomic E-state index is 0.0204. The lowest BCUT2D eigenvalue weighted by Crippen LogP contribution is -2.44. The van der Waals surface area contributed by atoms with Gasteiger partial charge in [-0.05, 0) is 57.1 Å². The van der Waals surface area contributed by atoms with Crippen LogP contribution in [-0.4, -0.2) is 93.0 Å². The minimum atomic E-state index is -0.929. The number of amides is 4. The molecule has 0 fully saturated rings. The minimum Gasteiger partial charge on any atom is -0.507 e. The number of carbonyl (C=O) groups excluding carboxylic acids is 5. The molecule has 2 unspecified atom stereocenters. The van der Waals surface area contributed by atoms with Crippen molar-refractivity contribution in [3.63, 3.8) is 0 Å². The lowest BCUT2D eigenvalue weighted by Gasteiger charge is -2.16. The van der Waals surface area contributed by atoms with Gasteiger partial charge in [0.15, 0.2) is 22.8 Å². The van der Waals surface area contributed by atoms with Gasteiger partial charge in [0.25, 0.3) is 11.8 Å². The van der Waals surface area contributed by atoms with E-state index in [-0.39, 0.29) is 95.3 Å². The maximum atomic E-state index is 13.1. The van der Waals surface area contributed by atoms with E-state index in [0.29, 0.717) is 17.7 Å². The predicted molar refractivity (Wildman–Crippen MR) is 203 cm³/mol. The maximum Gasteiger partial charge on any atom is 0.255 e. The fourth-order valence-corrected chi connectivity index (χ4v) is 5.06. The van der Waals surface area contributed by atoms with Crippen molar-refractivity contribution < 1.29 is 29.1 Å². The number of hydrazine groups is 1. The van der Waals surface area contributed by atoms with Gasteiger partial charge in [-0.2, -0.15) is 9.97 Å². The SMILES string of the molecule is CNCC(=O)NC(C)C(=O)Nc1ccc(C(=O)NCCCC(C=O)NC(=O)c2ccc(NCc3cnc4nc(N)nc(N)c4n3)cc2O)c(/C(N)=N/NN)c1. The van der Waals surface area contributed by atoms with E-state index in [0.717, 1.165) is 0 Å². The Morgan fingerprint density at radius 2 is 1.71 bits per heavy atom. The van der Waals surface area contributed by atoms with E-state index in [1.165, 1.54) is 43.5 Å². The first-order chi connectivity index (χ1) is 26.3. The second-order valence-corrected chi connectivity index (χ2v) is 11.9. The number of fused-ring (bicyclic) bond motifs is 1. The number of likely N-dealkylation sites (N-methyl/N-ethyl adjacent to an activating group) is 1. The number of phenols is 1. The number of nitrogen functional groups attached to an aromatic ring is 2. The quantitative estimate of drug-likeness (QED) is 0.0132. The van der Waals surface area contributed by atoms with Crippen LogP contribution in [0.5, 0.6) is 5.75 Å². The van der Waals surface area contributed by atoms with Crippen LogP contribution < -0.4 is 60.5 Å². The fraction of sp³-hybridized carbons (Fsp3) is 0.273. The summed E-state index contributed by atoms with van der Waals surface area (Å²) in [6, 6.07) is 6.83. The Balaban J connectivity index is 1.29. The van der Waals surface area contributed by atoms with Crippen molar-refractivity contribution in [2.45, 2.75) is 38.4 Å². The molecule has 0 aliphatic carbocycles. The smallest absolute Gasteiger partial charge is 0.255 e. The number of hydrazone groups is 1. The van der Waals surface area contributed by atoms with Crippen molar-refractivity contribution in [1.29, 1.82) is 0 Å². The molecule has 4 rings (SSSR count). The van der Waals surface area contributed by atoms with Gasteiger partial charge >= 0.3 is 0 Å². The highest BCUT2D eigenvalue weighted by Gasteiger charge is 2.20. The van der Waals surface area contributed by atoms with E-state index >= 15 is 0 Å². The van der Waals surface area contributed by atoms with Gasteiger partial charge in [0, 0.05) is 29.5 Å². The monoisotopic (exact) mass is 758 g/mol. The lowest BCUT2D eigenvalue weighted by molar-refractivity contribution is -0.125. The highest BCUT2D eigenvalue weighted by Crippen LogP contribution is 2.23. The average Bonchev–Trinajstić information content (AvgIpc) is 3.15. The number of aromatic hydroxyl groups is 1. The molecule has 16 N–H and O–H groups in total. The third kappa shape index (κ3) is 11.1. The Bertz CT molecular complexity index is 2090. The molecule has 22 heteroatoms. The molecule has 55 heavy (non-hydrogen) atoms. The van der Waals surface area contributed by atoms with Crippen LogP contribution in [0.1, 0.15) is 51.7 Å². The Hall–Kier alpha value is -7.20. The predicted octanol–water partition coefficient (Wildman–Crippen LogP) is -1.84. The van der Waals surface area contributed by atoms with Crippen LogP contribution in [0, 0.1) is 0 Å². The lowest BCUT2D eigenvalue weighted by atomic mass is 10.0. The molecular weight excluding hydrogens is 716 g/mol. The molecule has 4 amide bonds. The molecule has 4 aromatic rings. The summed E-state index contributed by atoms with van der Waals surface area (Å²) in [6.07, 6.45) is 2.48. The van der Waals surface area contributed by atoms with Crippen molar-refractivity contribution in [2.24, 2.45) is 16.7 Å². The molecule has 2 aromatic carbocycles. The summed E-state index contributed by atoms with van der Waals surface area (Å²) in [6.45, 7) is 1.84. The van der Waals surface area contributed by atoms with Gasteiger partial charge in [-0.3, -0.25) is 19.2 Å². The first kappa shape index (κ1) is 40.6. The van der Waals surface area contributed by atoms with Gasteiger partial charge in [-0.1, -0.05) is 0 Å². The fourth-order valence-electron chi connectivity index (χ4n) is 5.06. The molecule has 2 heterocycles. The van der Waals surface area contributed by atoms with E-state index in [9.17, 15) is 29.1 Å². The van der Waals surface area contributed by atoms with E-state index < -0.39 is 29.8 Å². The number of amidine groups is 1. The standard InChI is InChI=1S/C33H42N16O6/c1-16(42-25(52)14-38-2)30(53)44-18-6-7-21(23(10-18)27(34)48-49-37)31(54)39-9-3-4-19(15-50)45-32(55)22-8-5-17(11-24(22)51)40-12-20-13-41-29-26(43-20)28(35)46-33(36)47-29/h5-8,10-11,13,15-16,19,38,40,49,51H,3-4,9,12,14,37H2,1-2H3,(H2,34,48)(H,39,54)(H,42,52)(H,44,53)(H,45,55)(H4,35,36,41,46,47). The van der Waals surface area contributed by atoms with Crippen molar-refractivity contribution in [2.75, 3.05) is 42.2 Å². The largest absolute Gasteiger partial charge is 0.507 e. The zero-order valence-electron chi connectivity index (χ0n) is 29.8. The first-order valence-electron chi connectivity index (χ1n) is 16.7. The van der Waals surface area contributed by atoms with Gasteiger partial charge in [0.05, 0.1) is 42.1 Å². The summed E-state index contributed by atoms with van der Waals surface area (Å²) < 4.78 is 0. The molecule has 2 aromatic heterocycles. The number of anilines is 4. The van der Waals surface area contributed by atoms with E-state index in [2.05, 4.69) is 62.5 Å². The Morgan fingerprint density at radius 3 is 2.42 bits per heavy atom. The second-order valence-electron chi connectivity index (χ2n) is 11.9. The molecule has 0 radical (unpaired) electrons. The molecule has 290 valence electrons. The van der Waals surface area contributed by atoms with Gasteiger partial charge in [0.2, 0.25) is 17.8 Å². The normalized spacial score (nSPS) is 12.2. The van der Waals surface area contributed by atoms with Crippen molar-refractivity contribution in [1.82, 2.24) is 46.7 Å². The number of nitrogens with two attached hydrogens (primary N) is 4. The summed E-state index contributed by atoms with van der Waals surface area (Å²) in [4.78, 5) is 78.8. The summed E-state index contributed by atoms with van der Waals surface area (Å²) in [5.74, 6) is 2.74. The number of nitrogens with zero attached hydrogens (tertiary/aromatic N) is 5. The van der Waals surface area contributed by atoms with Gasteiger partial charge in [-0.15, -0.1) is 5.10 Å². The number of hydrogen-bond acceptors (Lipinski definition) is 17. The summed E-state index contributed by atoms with van der Waals surface area (Å²) in [5.41, 5.74) is 21.5. The van der Waals surface area contributed by atoms with Crippen LogP contribution >= 0.6 is 0 Å². The molecule has 0 saturated carbocycles. The number of phenolic OH excluding ortho intramolecular Hbond substituents is 1. The van der Waals surface area contributed by atoms with Crippen LogP contribution in [0.2, 0.25) is 0 Å². The van der Waals surface area contributed by atoms with Crippen LogP contribution in [0.4, 0.5) is 23.1 Å². The van der Waals surface area contributed by atoms with Gasteiger partial charge in [0.1, 0.15) is 18.1 Å². The number of carbonyl (C=O) groups is 5. The zero-order valence-corrected chi connectivity index (χ0v) is 29.8. The number of benzene rings is 2. The molecule has 0 spiro atoms. The van der Waals surface area contributed by atoms with E-state index in [1.807, 2.05) is 0 Å². The molecule has 0 saturated heterocycles. The van der Waals surface area contributed by atoms with E-state index in [4.69, 9.17) is 23.0 Å². The molecule has 0 aliphatic rings. The molecule has 0 bridgehead atoms. The van der Waals surface area contributed by atoms with Gasteiger partial charge < -0.3 is 59.0 Å². The second kappa shape index (κ2) is 19.0. The first-order valence-corrected chi connectivity index (χ1v) is 16.7. The number of rotatable bonds is 18. The Morgan fingerprint density at radius 1 is 0.964 bits per heavy atom. The van der Waals surface area contributed by atoms with Crippen molar-refractivity contribution >= 4 is 70.1 Å².